The Morgan fingerprint density at radius 2 is 1.65 bits per heavy atom. The zero-order valence-corrected chi connectivity index (χ0v) is 12.7. The molecule has 1 saturated carbocycles. The summed E-state index contributed by atoms with van der Waals surface area (Å²) in [7, 11) is 0. The van der Waals surface area contributed by atoms with Gasteiger partial charge in [0.25, 0.3) is 0 Å². The Morgan fingerprint density at radius 3 is 1.94 bits per heavy atom. The Hall–Kier alpha value is -0.0800. The molecule has 0 saturated heterocycles. The van der Waals surface area contributed by atoms with Gasteiger partial charge >= 0.3 is 0 Å². The van der Waals surface area contributed by atoms with E-state index in [-0.39, 0.29) is 0 Å². The van der Waals surface area contributed by atoms with E-state index in [1.54, 1.807) is 0 Å². The number of nitrogens with zero attached hydrogens (tertiary/aromatic N) is 1. The fourth-order valence-corrected chi connectivity index (χ4v) is 3.25. The Morgan fingerprint density at radius 1 is 1.12 bits per heavy atom. The molecule has 0 aromatic rings. The summed E-state index contributed by atoms with van der Waals surface area (Å²) in [4.78, 5) is 2.66. The highest BCUT2D eigenvalue weighted by molar-refractivity contribution is 5.05. The third-order valence-corrected chi connectivity index (χ3v) is 4.40. The third kappa shape index (κ3) is 3.23. The molecule has 1 aliphatic carbocycles. The molecule has 1 aliphatic rings. The van der Waals surface area contributed by atoms with E-state index in [0.29, 0.717) is 11.6 Å². The van der Waals surface area contributed by atoms with Crippen LogP contribution in [0.15, 0.2) is 0 Å². The first-order chi connectivity index (χ1) is 7.82. The monoisotopic (exact) mass is 240 g/mol. The molecule has 102 valence electrons. The van der Waals surface area contributed by atoms with Crippen LogP contribution in [0.25, 0.3) is 0 Å². The van der Waals surface area contributed by atoms with Crippen molar-refractivity contribution in [1.82, 2.24) is 4.90 Å². The molecule has 0 spiro atoms. The predicted octanol–water partition coefficient (Wildman–Crippen LogP) is 3.12. The van der Waals surface area contributed by atoms with E-state index in [0.717, 1.165) is 24.3 Å². The Labute approximate surface area is 108 Å². The highest BCUT2D eigenvalue weighted by atomic mass is 15.2. The van der Waals surface area contributed by atoms with E-state index >= 15 is 0 Å². The summed E-state index contributed by atoms with van der Waals surface area (Å²) in [6.45, 7) is 15.9. The van der Waals surface area contributed by atoms with Gasteiger partial charge in [-0.1, -0.05) is 27.7 Å². The standard InChI is InChI=1S/C15H32N2/c1-11(2)9-17(13(5)6)15(10-16)7-14(8-15)12(3)4/h11-14H,7-10,16H2,1-6H3. The number of rotatable bonds is 6. The molecular weight excluding hydrogens is 208 g/mol. The topological polar surface area (TPSA) is 29.3 Å². The van der Waals surface area contributed by atoms with Gasteiger partial charge in [-0.05, 0) is 44.4 Å². The third-order valence-electron chi connectivity index (χ3n) is 4.40. The van der Waals surface area contributed by atoms with Gasteiger partial charge in [0.2, 0.25) is 0 Å². The van der Waals surface area contributed by atoms with Crippen LogP contribution in [-0.4, -0.2) is 29.6 Å². The number of nitrogens with two attached hydrogens (primary N) is 1. The molecule has 2 nitrogen and oxygen atoms in total. The maximum absolute atomic E-state index is 6.10. The predicted molar refractivity (Wildman–Crippen MR) is 76.0 cm³/mol. The van der Waals surface area contributed by atoms with Crippen molar-refractivity contribution in [2.45, 2.75) is 66.0 Å². The van der Waals surface area contributed by atoms with Crippen molar-refractivity contribution in [1.29, 1.82) is 0 Å². The van der Waals surface area contributed by atoms with Crippen LogP contribution >= 0.6 is 0 Å². The number of hydrogen-bond acceptors (Lipinski definition) is 2. The molecular formula is C15H32N2. The van der Waals surface area contributed by atoms with E-state index in [1.165, 1.54) is 19.4 Å². The minimum Gasteiger partial charge on any atom is -0.329 e. The quantitative estimate of drug-likeness (QED) is 0.773. The SMILES string of the molecule is CC(C)CN(C(C)C)C1(CN)CC(C(C)C)C1. The average Bonchev–Trinajstić information content (AvgIpc) is 2.13. The summed E-state index contributed by atoms with van der Waals surface area (Å²) in [6.07, 6.45) is 2.60. The molecule has 1 fully saturated rings. The Bertz CT molecular complexity index is 227. The summed E-state index contributed by atoms with van der Waals surface area (Å²) in [5.74, 6) is 2.41. The van der Waals surface area contributed by atoms with Crippen molar-refractivity contribution < 1.29 is 0 Å². The normalized spacial score (nSPS) is 29.5. The lowest BCUT2D eigenvalue weighted by Crippen LogP contribution is -2.65. The van der Waals surface area contributed by atoms with E-state index in [4.69, 9.17) is 5.73 Å². The second kappa shape index (κ2) is 5.71. The van der Waals surface area contributed by atoms with Crippen LogP contribution in [0.1, 0.15) is 54.4 Å². The molecule has 2 heteroatoms. The lowest BCUT2D eigenvalue weighted by atomic mass is 9.62. The summed E-state index contributed by atoms with van der Waals surface area (Å²) in [5.41, 5.74) is 6.40. The molecule has 0 bridgehead atoms. The van der Waals surface area contributed by atoms with Crippen molar-refractivity contribution in [2.24, 2.45) is 23.5 Å². The van der Waals surface area contributed by atoms with E-state index < -0.39 is 0 Å². The highest BCUT2D eigenvalue weighted by Gasteiger charge is 2.48. The minimum atomic E-state index is 0.299. The van der Waals surface area contributed by atoms with Crippen molar-refractivity contribution in [2.75, 3.05) is 13.1 Å². The molecule has 0 aliphatic heterocycles. The number of hydrogen-bond donors (Lipinski definition) is 1. The Kier molecular flexibility index (Phi) is 5.03. The van der Waals surface area contributed by atoms with Gasteiger partial charge in [-0.25, -0.2) is 0 Å². The van der Waals surface area contributed by atoms with Crippen LogP contribution in [-0.2, 0) is 0 Å². The van der Waals surface area contributed by atoms with Gasteiger partial charge in [-0.15, -0.1) is 0 Å². The van der Waals surface area contributed by atoms with Crippen molar-refractivity contribution in [3.8, 4) is 0 Å². The first kappa shape index (κ1) is 15.0. The van der Waals surface area contributed by atoms with Gasteiger partial charge in [-0.2, -0.15) is 0 Å². The molecule has 0 aromatic heterocycles. The van der Waals surface area contributed by atoms with Gasteiger partial charge in [-0.3, -0.25) is 4.90 Å². The van der Waals surface area contributed by atoms with Crippen molar-refractivity contribution in [3.63, 3.8) is 0 Å². The molecule has 0 unspecified atom stereocenters. The molecule has 0 aromatic carbocycles. The lowest BCUT2D eigenvalue weighted by molar-refractivity contribution is -0.0580. The summed E-state index contributed by atoms with van der Waals surface area (Å²) >= 11 is 0. The lowest BCUT2D eigenvalue weighted by Gasteiger charge is -2.57. The first-order valence-electron chi connectivity index (χ1n) is 7.29. The summed E-state index contributed by atoms with van der Waals surface area (Å²) in [5, 5.41) is 0. The molecule has 0 amide bonds. The fraction of sp³-hybridized carbons (Fsp3) is 1.00. The smallest absolute Gasteiger partial charge is 0.0340 e. The van der Waals surface area contributed by atoms with Crippen LogP contribution in [0.2, 0.25) is 0 Å². The van der Waals surface area contributed by atoms with Crippen molar-refractivity contribution >= 4 is 0 Å². The van der Waals surface area contributed by atoms with Gasteiger partial charge in [0, 0.05) is 24.7 Å². The molecule has 0 heterocycles. The van der Waals surface area contributed by atoms with Crippen LogP contribution in [0.3, 0.4) is 0 Å². The van der Waals surface area contributed by atoms with E-state index in [2.05, 4.69) is 46.4 Å². The summed E-state index contributed by atoms with van der Waals surface area (Å²) in [6, 6.07) is 0.606. The van der Waals surface area contributed by atoms with Crippen LogP contribution in [0.5, 0.6) is 0 Å². The highest BCUT2D eigenvalue weighted by Crippen LogP contribution is 2.46. The van der Waals surface area contributed by atoms with Gasteiger partial charge in [0.05, 0.1) is 0 Å². The fourth-order valence-electron chi connectivity index (χ4n) is 3.25. The maximum atomic E-state index is 6.10. The molecule has 0 radical (unpaired) electrons. The first-order valence-corrected chi connectivity index (χ1v) is 7.29. The van der Waals surface area contributed by atoms with Gasteiger partial charge in [0.1, 0.15) is 0 Å². The zero-order valence-electron chi connectivity index (χ0n) is 12.7. The van der Waals surface area contributed by atoms with Crippen LogP contribution < -0.4 is 5.73 Å². The largest absolute Gasteiger partial charge is 0.329 e. The van der Waals surface area contributed by atoms with E-state index in [9.17, 15) is 0 Å². The van der Waals surface area contributed by atoms with E-state index in [1.807, 2.05) is 0 Å². The zero-order chi connectivity index (χ0) is 13.2. The summed E-state index contributed by atoms with van der Waals surface area (Å²) < 4.78 is 0. The maximum Gasteiger partial charge on any atom is 0.0340 e. The molecule has 17 heavy (non-hydrogen) atoms. The average molecular weight is 240 g/mol. The van der Waals surface area contributed by atoms with Crippen LogP contribution in [0.4, 0.5) is 0 Å². The van der Waals surface area contributed by atoms with Gasteiger partial charge < -0.3 is 5.73 Å². The molecule has 1 rings (SSSR count). The Balaban J connectivity index is 2.71. The minimum absolute atomic E-state index is 0.299. The molecule has 2 N–H and O–H groups in total. The molecule has 0 atom stereocenters. The van der Waals surface area contributed by atoms with Crippen LogP contribution in [0, 0.1) is 17.8 Å². The van der Waals surface area contributed by atoms with Crippen molar-refractivity contribution in [3.05, 3.63) is 0 Å². The second-order valence-corrected chi connectivity index (χ2v) is 6.98. The van der Waals surface area contributed by atoms with Gasteiger partial charge in [0.15, 0.2) is 0 Å². The second-order valence-electron chi connectivity index (χ2n) is 6.98.